The lowest BCUT2D eigenvalue weighted by Crippen LogP contribution is -2.56. The van der Waals surface area contributed by atoms with Crippen molar-refractivity contribution in [3.05, 3.63) is 24.3 Å². The van der Waals surface area contributed by atoms with Crippen molar-refractivity contribution in [3.8, 4) is 23.0 Å². The number of aromatic hydroxyl groups is 2. The summed E-state index contributed by atoms with van der Waals surface area (Å²) in [5, 5.41) is 21.5. The maximum absolute atomic E-state index is 9.73. The number of hydrogen-bond donors (Lipinski definition) is 4. The van der Waals surface area contributed by atoms with Gasteiger partial charge in [-0.15, -0.1) is 0 Å². The second-order valence-electron chi connectivity index (χ2n) is 5.54. The maximum atomic E-state index is 9.73. The molecule has 0 spiro atoms. The molecule has 0 bridgehead atoms. The second kappa shape index (κ2) is 3.83. The third-order valence-corrected chi connectivity index (χ3v) is 7.30. The third kappa shape index (κ3) is 1.61. The number of ether oxygens (including phenoxy) is 1. The number of nitrogen functional groups attached to an aromatic ring is 2. The van der Waals surface area contributed by atoms with Crippen LogP contribution in [0.25, 0.3) is 0 Å². The molecule has 0 aromatic heterocycles. The zero-order valence-electron chi connectivity index (χ0n) is 11.3. The smallest absolute Gasteiger partial charge is 0.142 e. The molecule has 3 rings (SSSR count). The molecule has 1 aliphatic heterocycles. The Morgan fingerprint density at radius 3 is 1.65 bits per heavy atom. The molecule has 2 aromatic carbocycles. The van der Waals surface area contributed by atoms with Crippen LogP contribution in [0.5, 0.6) is 23.0 Å². The fourth-order valence-corrected chi connectivity index (χ4v) is 5.38. The van der Waals surface area contributed by atoms with Crippen LogP contribution in [-0.4, -0.2) is 18.3 Å². The number of fused-ring (bicyclic) bond motifs is 2. The Kier molecular flexibility index (Phi) is 2.43. The molecule has 0 atom stereocenters. The molecule has 0 amide bonds. The van der Waals surface area contributed by atoms with E-state index in [2.05, 4.69) is 13.1 Å². The van der Waals surface area contributed by atoms with Crippen molar-refractivity contribution < 1.29 is 14.9 Å². The predicted molar refractivity (Wildman–Crippen MR) is 81.9 cm³/mol. The molecular weight excluding hydrogens is 272 g/mol. The van der Waals surface area contributed by atoms with Crippen LogP contribution in [0.15, 0.2) is 24.3 Å². The van der Waals surface area contributed by atoms with E-state index >= 15 is 0 Å². The van der Waals surface area contributed by atoms with E-state index in [4.69, 9.17) is 16.2 Å². The molecule has 104 valence electrons. The van der Waals surface area contributed by atoms with E-state index in [1.165, 1.54) is 12.1 Å². The summed E-state index contributed by atoms with van der Waals surface area (Å²) in [6, 6.07) is 6.58. The molecular formula is C14H16N2O3Si. The molecule has 0 radical (unpaired) electrons. The standard InChI is InChI=1S/C14H16N2O3Si/c1-20(2)13-3-7(15)9(17)5-11(13)19-12-6-10(18)8(16)4-14(12)20/h3-6,17-18H,15-16H2,1-2H3. The van der Waals surface area contributed by atoms with E-state index in [-0.39, 0.29) is 11.5 Å². The lowest BCUT2D eigenvalue weighted by atomic mass is 10.2. The van der Waals surface area contributed by atoms with Crippen LogP contribution < -0.4 is 26.6 Å². The summed E-state index contributed by atoms with van der Waals surface area (Å²) in [6.45, 7) is 4.31. The van der Waals surface area contributed by atoms with Gasteiger partial charge in [-0.1, -0.05) is 13.1 Å². The first kappa shape index (κ1) is 12.7. The zero-order valence-corrected chi connectivity index (χ0v) is 12.3. The van der Waals surface area contributed by atoms with Crippen molar-refractivity contribution in [2.24, 2.45) is 0 Å². The van der Waals surface area contributed by atoms with Gasteiger partial charge in [0, 0.05) is 12.1 Å². The van der Waals surface area contributed by atoms with Crippen molar-refractivity contribution in [1.29, 1.82) is 0 Å². The molecule has 0 unspecified atom stereocenters. The van der Waals surface area contributed by atoms with Crippen molar-refractivity contribution in [1.82, 2.24) is 0 Å². The lowest BCUT2D eigenvalue weighted by molar-refractivity contribution is 0.450. The molecule has 0 saturated carbocycles. The van der Waals surface area contributed by atoms with Gasteiger partial charge in [-0.2, -0.15) is 0 Å². The Morgan fingerprint density at radius 1 is 0.850 bits per heavy atom. The fraction of sp³-hybridized carbons (Fsp3) is 0.143. The quantitative estimate of drug-likeness (QED) is 0.331. The first-order valence-electron chi connectivity index (χ1n) is 6.24. The monoisotopic (exact) mass is 288 g/mol. The topological polar surface area (TPSA) is 102 Å². The Balaban J connectivity index is 2.28. The number of hydrogen-bond acceptors (Lipinski definition) is 5. The van der Waals surface area contributed by atoms with Gasteiger partial charge >= 0.3 is 0 Å². The Labute approximate surface area is 117 Å². The zero-order chi connectivity index (χ0) is 14.7. The average molecular weight is 288 g/mol. The van der Waals surface area contributed by atoms with Crippen LogP contribution in [-0.2, 0) is 0 Å². The summed E-state index contributed by atoms with van der Waals surface area (Å²) in [4.78, 5) is 0. The van der Waals surface area contributed by atoms with Gasteiger partial charge in [0.05, 0.1) is 11.4 Å². The molecule has 1 aliphatic rings. The second-order valence-corrected chi connectivity index (χ2v) is 9.87. The Bertz CT molecular complexity index is 669. The predicted octanol–water partition coefficient (Wildman–Crippen LogP) is 1.19. The summed E-state index contributed by atoms with van der Waals surface area (Å²) in [5.41, 5.74) is 12.3. The number of benzene rings is 2. The Morgan fingerprint density at radius 2 is 1.25 bits per heavy atom. The van der Waals surface area contributed by atoms with Crippen LogP contribution in [0.4, 0.5) is 11.4 Å². The third-order valence-electron chi connectivity index (χ3n) is 3.82. The van der Waals surface area contributed by atoms with E-state index < -0.39 is 8.07 Å². The van der Waals surface area contributed by atoms with Gasteiger partial charge in [-0.3, -0.25) is 0 Å². The molecule has 2 aromatic rings. The SMILES string of the molecule is C[Si]1(C)c2cc(N)c(O)cc2Oc2cc(O)c(N)cc21. The van der Waals surface area contributed by atoms with E-state index in [1.807, 2.05) is 0 Å². The molecule has 0 saturated heterocycles. The number of anilines is 2. The van der Waals surface area contributed by atoms with Crippen molar-refractivity contribution in [3.63, 3.8) is 0 Å². The van der Waals surface area contributed by atoms with Crippen molar-refractivity contribution >= 4 is 29.8 Å². The number of phenolic OH excluding ortho intramolecular Hbond substituents is 2. The van der Waals surface area contributed by atoms with E-state index in [0.29, 0.717) is 22.9 Å². The van der Waals surface area contributed by atoms with Gasteiger partial charge in [-0.05, 0) is 22.5 Å². The molecule has 20 heavy (non-hydrogen) atoms. The Hall–Kier alpha value is -2.34. The van der Waals surface area contributed by atoms with Crippen LogP contribution in [0.2, 0.25) is 13.1 Å². The highest BCUT2D eigenvalue weighted by molar-refractivity contribution is 7.01. The number of phenols is 2. The van der Waals surface area contributed by atoms with Gasteiger partial charge in [-0.25, -0.2) is 0 Å². The lowest BCUT2D eigenvalue weighted by Gasteiger charge is -2.33. The molecule has 6 N–H and O–H groups in total. The van der Waals surface area contributed by atoms with Gasteiger partial charge in [0.1, 0.15) is 31.1 Å². The molecule has 1 heterocycles. The number of rotatable bonds is 0. The first-order valence-corrected chi connectivity index (χ1v) is 9.24. The molecule has 6 heteroatoms. The van der Waals surface area contributed by atoms with Gasteiger partial charge in [0.2, 0.25) is 0 Å². The summed E-state index contributed by atoms with van der Waals surface area (Å²) in [6.07, 6.45) is 0. The highest BCUT2D eigenvalue weighted by atomic mass is 28.3. The average Bonchev–Trinajstić information content (AvgIpc) is 2.35. The molecule has 5 nitrogen and oxygen atoms in total. The highest BCUT2D eigenvalue weighted by Gasteiger charge is 2.37. The summed E-state index contributed by atoms with van der Waals surface area (Å²) in [5.74, 6) is 1.17. The van der Waals surface area contributed by atoms with E-state index in [0.717, 1.165) is 10.4 Å². The van der Waals surface area contributed by atoms with Gasteiger partial charge < -0.3 is 26.4 Å². The van der Waals surface area contributed by atoms with Crippen molar-refractivity contribution in [2.75, 3.05) is 11.5 Å². The normalized spacial score (nSPS) is 15.1. The summed E-state index contributed by atoms with van der Waals surface area (Å²) in [7, 11) is -2.05. The van der Waals surface area contributed by atoms with Gasteiger partial charge in [0.15, 0.2) is 0 Å². The number of nitrogens with two attached hydrogens (primary N) is 2. The van der Waals surface area contributed by atoms with Gasteiger partial charge in [0.25, 0.3) is 0 Å². The van der Waals surface area contributed by atoms with Crippen LogP contribution in [0.1, 0.15) is 0 Å². The first-order chi connectivity index (χ1) is 9.30. The van der Waals surface area contributed by atoms with Crippen LogP contribution >= 0.6 is 0 Å². The summed E-state index contributed by atoms with van der Waals surface area (Å²) < 4.78 is 5.79. The minimum absolute atomic E-state index is 0.00309. The van der Waals surface area contributed by atoms with E-state index in [1.54, 1.807) is 12.1 Å². The fourth-order valence-electron chi connectivity index (χ4n) is 2.58. The minimum Gasteiger partial charge on any atom is -0.506 e. The minimum atomic E-state index is -2.05. The maximum Gasteiger partial charge on any atom is 0.142 e. The molecule has 0 aliphatic carbocycles. The van der Waals surface area contributed by atoms with E-state index in [9.17, 15) is 10.2 Å². The van der Waals surface area contributed by atoms with Crippen LogP contribution in [0, 0.1) is 0 Å². The summed E-state index contributed by atoms with van der Waals surface area (Å²) >= 11 is 0. The molecule has 0 fully saturated rings. The largest absolute Gasteiger partial charge is 0.506 e. The highest BCUT2D eigenvalue weighted by Crippen LogP contribution is 2.36. The van der Waals surface area contributed by atoms with Crippen molar-refractivity contribution in [2.45, 2.75) is 13.1 Å². The van der Waals surface area contributed by atoms with Crippen LogP contribution in [0.3, 0.4) is 0 Å².